The Labute approximate surface area is 184 Å². The van der Waals surface area contributed by atoms with Crippen LogP contribution < -0.4 is 10.6 Å². The number of halogens is 1. The number of nitrogens with one attached hydrogen (secondary N) is 2. The molecule has 1 saturated heterocycles. The summed E-state index contributed by atoms with van der Waals surface area (Å²) in [7, 11) is 0. The molecule has 1 aliphatic carbocycles. The lowest BCUT2D eigenvalue weighted by Gasteiger charge is -2.34. The van der Waals surface area contributed by atoms with Crippen molar-refractivity contribution in [1.29, 1.82) is 0 Å². The van der Waals surface area contributed by atoms with Gasteiger partial charge in [-0.1, -0.05) is 12.1 Å². The predicted molar refractivity (Wildman–Crippen MR) is 123 cm³/mol. The van der Waals surface area contributed by atoms with E-state index in [1.54, 1.807) is 12.1 Å². The van der Waals surface area contributed by atoms with Crippen molar-refractivity contribution in [3.05, 3.63) is 35.6 Å². The highest BCUT2D eigenvalue weighted by Crippen LogP contribution is 2.27. The molecule has 30 heavy (non-hydrogen) atoms. The number of amides is 1. The lowest BCUT2D eigenvalue weighted by molar-refractivity contribution is -0.136. The first-order valence-corrected chi connectivity index (χ1v) is 12.5. The minimum Gasteiger partial charge on any atom is -0.357 e. The van der Waals surface area contributed by atoms with E-state index in [1.807, 2.05) is 17.8 Å². The maximum absolute atomic E-state index is 13.3. The quantitative estimate of drug-likeness (QED) is 0.392. The van der Waals surface area contributed by atoms with E-state index in [0.717, 1.165) is 81.2 Å². The van der Waals surface area contributed by atoms with Crippen LogP contribution in [0.15, 0.2) is 29.3 Å². The van der Waals surface area contributed by atoms with Crippen LogP contribution in [0.1, 0.15) is 44.6 Å². The molecule has 166 valence electrons. The second-order valence-corrected chi connectivity index (χ2v) is 9.35. The molecule has 0 radical (unpaired) electrons. The Hall–Kier alpha value is -1.76. The van der Waals surface area contributed by atoms with Gasteiger partial charge in [0.1, 0.15) is 5.82 Å². The monoisotopic (exact) mass is 434 g/mol. The van der Waals surface area contributed by atoms with Gasteiger partial charge in [-0.05, 0) is 63.1 Å². The van der Waals surface area contributed by atoms with Crippen LogP contribution in [-0.4, -0.2) is 60.5 Å². The molecule has 0 aromatic heterocycles. The Morgan fingerprint density at radius 3 is 2.70 bits per heavy atom. The molecule has 1 heterocycles. The Morgan fingerprint density at radius 2 is 2.00 bits per heavy atom. The van der Waals surface area contributed by atoms with Crippen LogP contribution in [0.4, 0.5) is 4.39 Å². The zero-order valence-corrected chi connectivity index (χ0v) is 18.9. The summed E-state index contributed by atoms with van der Waals surface area (Å²) in [5, 5.41) is 6.88. The van der Waals surface area contributed by atoms with Crippen LogP contribution in [0, 0.1) is 11.7 Å². The summed E-state index contributed by atoms with van der Waals surface area (Å²) in [5.74, 6) is 3.37. The minimum absolute atomic E-state index is 0.181. The minimum atomic E-state index is -0.181. The van der Waals surface area contributed by atoms with E-state index in [1.165, 1.54) is 6.07 Å². The third-order valence-electron chi connectivity index (χ3n) is 5.87. The number of carbonyl (C=O) groups is 1. The number of thioether (sulfide) groups is 1. The summed E-state index contributed by atoms with van der Waals surface area (Å²) in [5.41, 5.74) is 1.01. The van der Waals surface area contributed by atoms with E-state index in [-0.39, 0.29) is 11.7 Å². The average Bonchev–Trinajstić information content (AvgIpc) is 2.77. The van der Waals surface area contributed by atoms with Gasteiger partial charge in [-0.2, -0.15) is 11.8 Å². The summed E-state index contributed by atoms with van der Waals surface area (Å²) >= 11 is 1.94. The number of nitrogens with zero attached hydrogens (tertiary/aromatic N) is 2. The fourth-order valence-corrected chi connectivity index (χ4v) is 5.11. The summed E-state index contributed by atoms with van der Waals surface area (Å²) in [6, 6.07) is 7.15. The number of rotatable bonds is 7. The number of aliphatic imine (C=N–C) groups is 1. The number of hydrogen-bond acceptors (Lipinski definition) is 3. The Balaban J connectivity index is 1.41. The van der Waals surface area contributed by atoms with Crippen LogP contribution in [0.3, 0.4) is 0 Å². The van der Waals surface area contributed by atoms with Crippen molar-refractivity contribution in [3.63, 3.8) is 0 Å². The Bertz CT molecular complexity index is 700. The Morgan fingerprint density at radius 1 is 1.23 bits per heavy atom. The van der Waals surface area contributed by atoms with Gasteiger partial charge in [0.05, 0.1) is 0 Å². The number of guanidine groups is 1. The molecular weight excluding hydrogens is 399 g/mol. The smallest absolute Gasteiger partial charge is 0.225 e. The van der Waals surface area contributed by atoms with E-state index in [0.29, 0.717) is 18.5 Å². The maximum atomic E-state index is 13.3. The Kier molecular flexibility index (Phi) is 9.30. The number of benzene rings is 1. The number of carbonyl (C=O) groups excluding carboxylic acids is 1. The van der Waals surface area contributed by atoms with Gasteiger partial charge in [0.25, 0.3) is 0 Å². The molecule has 5 nitrogen and oxygen atoms in total. The maximum Gasteiger partial charge on any atom is 0.225 e. The summed E-state index contributed by atoms with van der Waals surface area (Å²) < 4.78 is 13.3. The van der Waals surface area contributed by atoms with E-state index in [2.05, 4.69) is 22.5 Å². The van der Waals surface area contributed by atoms with E-state index < -0.39 is 0 Å². The zero-order valence-electron chi connectivity index (χ0n) is 18.0. The molecule has 1 amide bonds. The van der Waals surface area contributed by atoms with Gasteiger partial charge in [0.15, 0.2) is 5.96 Å². The SMILES string of the molecule is CCNC(=NCCCc1cccc(F)c1)NC1CCC(C(=O)N2CCSCC2)CC1. The number of hydrogen-bond donors (Lipinski definition) is 2. The molecule has 0 spiro atoms. The first kappa shape index (κ1) is 22.9. The molecule has 7 heteroatoms. The van der Waals surface area contributed by atoms with Gasteiger partial charge in [0.2, 0.25) is 5.91 Å². The fourth-order valence-electron chi connectivity index (χ4n) is 4.21. The molecule has 1 aromatic carbocycles. The summed E-state index contributed by atoms with van der Waals surface area (Å²) in [6.07, 6.45) is 5.63. The normalized spacial score (nSPS) is 22.6. The second-order valence-electron chi connectivity index (χ2n) is 8.12. The first-order valence-electron chi connectivity index (χ1n) is 11.3. The van der Waals surface area contributed by atoms with E-state index in [9.17, 15) is 9.18 Å². The van der Waals surface area contributed by atoms with Crippen LogP contribution in [-0.2, 0) is 11.2 Å². The molecule has 1 aromatic rings. The molecule has 0 bridgehead atoms. The van der Waals surface area contributed by atoms with E-state index >= 15 is 0 Å². The van der Waals surface area contributed by atoms with Gasteiger partial charge in [0, 0.05) is 49.6 Å². The second kappa shape index (κ2) is 12.2. The van der Waals surface area contributed by atoms with Crippen LogP contribution in [0.25, 0.3) is 0 Å². The fraction of sp³-hybridized carbons (Fsp3) is 0.652. The lowest BCUT2D eigenvalue weighted by atomic mass is 9.85. The highest BCUT2D eigenvalue weighted by Gasteiger charge is 2.30. The van der Waals surface area contributed by atoms with Gasteiger partial charge >= 0.3 is 0 Å². The first-order chi connectivity index (χ1) is 14.7. The van der Waals surface area contributed by atoms with Crippen LogP contribution >= 0.6 is 11.8 Å². The molecule has 0 atom stereocenters. The van der Waals surface area contributed by atoms with Crippen molar-refractivity contribution < 1.29 is 9.18 Å². The third kappa shape index (κ3) is 7.18. The van der Waals surface area contributed by atoms with Crippen molar-refractivity contribution in [3.8, 4) is 0 Å². The van der Waals surface area contributed by atoms with Crippen molar-refractivity contribution in [2.24, 2.45) is 10.9 Å². The van der Waals surface area contributed by atoms with Crippen LogP contribution in [0.5, 0.6) is 0 Å². The zero-order chi connectivity index (χ0) is 21.2. The average molecular weight is 435 g/mol. The van der Waals surface area contributed by atoms with Gasteiger partial charge in [-0.15, -0.1) is 0 Å². The van der Waals surface area contributed by atoms with Crippen molar-refractivity contribution in [1.82, 2.24) is 15.5 Å². The van der Waals surface area contributed by atoms with Crippen molar-refractivity contribution in [2.75, 3.05) is 37.7 Å². The summed E-state index contributed by atoms with van der Waals surface area (Å²) in [4.78, 5) is 19.5. The van der Waals surface area contributed by atoms with Crippen molar-refractivity contribution in [2.45, 2.75) is 51.5 Å². The van der Waals surface area contributed by atoms with Crippen LogP contribution in [0.2, 0.25) is 0 Å². The molecule has 3 rings (SSSR count). The third-order valence-corrected chi connectivity index (χ3v) is 6.81. The molecule has 1 saturated carbocycles. The molecule has 2 fully saturated rings. The topological polar surface area (TPSA) is 56.7 Å². The van der Waals surface area contributed by atoms with Crippen molar-refractivity contribution >= 4 is 23.6 Å². The molecule has 2 aliphatic rings. The predicted octanol–water partition coefficient (Wildman–Crippen LogP) is 3.45. The highest BCUT2D eigenvalue weighted by molar-refractivity contribution is 7.99. The molecular formula is C23H35FN4OS. The standard InChI is InChI=1S/C23H35FN4OS/c1-2-25-23(26-12-4-6-18-5-3-7-20(24)17-18)27-21-10-8-19(9-11-21)22(29)28-13-15-30-16-14-28/h3,5,7,17,19,21H,2,4,6,8-16H2,1H3,(H2,25,26,27). The van der Waals surface area contributed by atoms with Gasteiger partial charge < -0.3 is 15.5 Å². The van der Waals surface area contributed by atoms with Gasteiger partial charge in [-0.3, -0.25) is 9.79 Å². The molecule has 0 unspecified atom stereocenters. The largest absolute Gasteiger partial charge is 0.357 e. The molecule has 2 N–H and O–H groups in total. The summed E-state index contributed by atoms with van der Waals surface area (Å²) in [6.45, 7) is 5.41. The number of aryl methyl sites for hydroxylation is 1. The van der Waals surface area contributed by atoms with Gasteiger partial charge in [-0.25, -0.2) is 4.39 Å². The van der Waals surface area contributed by atoms with E-state index in [4.69, 9.17) is 4.99 Å². The molecule has 1 aliphatic heterocycles. The highest BCUT2D eigenvalue weighted by atomic mass is 32.2. The lowest BCUT2D eigenvalue weighted by Crippen LogP contribution is -2.47.